The summed E-state index contributed by atoms with van der Waals surface area (Å²) in [7, 11) is 6.24. The summed E-state index contributed by atoms with van der Waals surface area (Å²) in [5, 5.41) is 0. The van der Waals surface area contributed by atoms with E-state index in [1.165, 1.54) is 0 Å². The van der Waals surface area contributed by atoms with Crippen LogP contribution in [0.25, 0.3) is 0 Å². The van der Waals surface area contributed by atoms with Crippen LogP contribution in [0, 0.1) is 0 Å². The number of hydrogen-bond acceptors (Lipinski definition) is 10. The lowest BCUT2D eigenvalue weighted by Crippen LogP contribution is -2.48. The molecular weight excluding hydrogens is 580 g/mol. The maximum Gasteiger partial charge on any atom is 0.256 e. The average molecular weight is 621 g/mol. The molecule has 6 rings (SSSR count). The van der Waals surface area contributed by atoms with Crippen molar-refractivity contribution in [3.8, 4) is 23.0 Å². The van der Waals surface area contributed by atoms with E-state index < -0.39 is 0 Å². The highest BCUT2D eigenvalue weighted by Crippen LogP contribution is 2.39. The highest BCUT2D eigenvalue weighted by Gasteiger charge is 2.36. The molecule has 0 bridgehead atoms. The van der Waals surface area contributed by atoms with Gasteiger partial charge in [0.2, 0.25) is 0 Å². The highest BCUT2D eigenvalue weighted by molar-refractivity contribution is 6.04. The minimum atomic E-state index is -0.140. The predicted octanol–water partition coefficient (Wildman–Crippen LogP) is 4.22. The van der Waals surface area contributed by atoms with Gasteiger partial charge in [0.25, 0.3) is 11.8 Å². The third-order valence-electron chi connectivity index (χ3n) is 8.95. The molecule has 2 amide bonds. The van der Waals surface area contributed by atoms with Crippen molar-refractivity contribution in [2.75, 3.05) is 54.7 Å². The van der Waals surface area contributed by atoms with Crippen LogP contribution < -0.4 is 18.9 Å². The van der Waals surface area contributed by atoms with Gasteiger partial charge in [-0.15, -0.1) is 0 Å². The molecule has 2 aromatic rings. The Bertz CT molecular complexity index is 1380. The largest absolute Gasteiger partial charge is 0.493 e. The summed E-state index contributed by atoms with van der Waals surface area (Å²) in [6, 6.07) is 6.62. The third kappa shape index (κ3) is 6.21. The van der Waals surface area contributed by atoms with Crippen molar-refractivity contribution in [3.05, 3.63) is 35.4 Å². The fraction of sp³-hybridized carbons (Fsp3) is 0.515. The van der Waals surface area contributed by atoms with Crippen LogP contribution in [0.15, 0.2) is 34.3 Å². The minimum Gasteiger partial charge on any atom is -0.493 e. The summed E-state index contributed by atoms with van der Waals surface area (Å²) in [4.78, 5) is 39.7. The van der Waals surface area contributed by atoms with Crippen LogP contribution in [0.1, 0.15) is 52.8 Å². The van der Waals surface area contributed by atoms with Gasteiger partial charge >= 0.3 is 0 Å². The number of rotatable bonds is 10. The first kappa shape index (κ1) is 30.8. The average Bonchev–Trinajstić information content (AvgIpc) is 3.29. The van der Waals surface area contributed by atoms with Gasteiger partial charge in [-0.25, -0.2) is 0 Å². The zero-order chi connectivity index (χ0) is 31.5. The fourth-order valence-electron chi connectivity index (χ4n) is 6.51. The van der Waals surface area contributed by atoms with E-state index in [0.717, 1.165) is 19.3 Å². The topological polar surface area (TPSA) is 121 Å². The molecule has 4 heterocycles. The molecule has 4 atom stereocenters. The number of methoxy groups -OCH3 is 4. The standard InChI is InChI=1S/C33H40N4O8/c1-40-28-14-24-26(16-30(28)42-3)34-18-20-12-22(6-8-36(20)32(24)38)44-10-5-11-45-23-7-9-37-21(13-23)19-35-27-17-31(43-4)29(41-2)15-25(27)33(37)39/h14-23H,5-13H2,1-4H3/t20-,21-,22+,23+/m0/s1. The van der Waals surface area contributed by atoms with E-state index in [2.05, 4.69) is 9.98 Å². The Kier molecular flexibility index (Phi) is 9.22. The van der Waals surface area contributed by atoms with E-state index in [-0.39, 0.29) is 36.1 Å². The summed E-state index contributed by atoms with van der Waals surface area (Å²) in [6.07, 6.45) is 7.39. The van der Waals surface area contributed by atoms with Crippen LogP contribution >= 0.6 is 0 Å². The van der Waals surface area contributed by atoms with E-state index in [9.17, 15) is 9.59 Å². The molecule has 4 aliphatic rings. The third-order valence-corrected chi connectivity index (χ3v) is 8.95. The summed E-state index contributed by atoms with van der Waals surface area (Å²) in [5.74, 6) is 1.97. The second-order valence-electron chi connectivity index (χ2n) is 11.5. The van der Waals surface area contributed by atoms with Gasteiger partial charge in [-0.05, 0) is 44.2 Å². The molecule has 12 nitrogen and oxygen atoms in total. The Morgan fingerprint density at radius 3 is 1.44 bits per heavy atom. The maximum atomic E-state index is 13.4. The van der Waals surface area contributed by atoms with Crippen LogP contribution in [0.5, 0.6) is 23.0 Å². The Labute approximate surface area is 262 Å². The van der Waals surface area contributed by atoms with Gasteiger partial charge in [0, 0.05) is 50.9 Å². The normalized spacial score (nSPS) is 23.7. The molecule has 0 aromatic heterocycles. The predicted molar refractivity (Wildman–Crippen MR) is 168 cm³/mol. The summed E-state index contributed by atoms with van der Waals surface area (Å²) in [6.45, 7) is 2.32. The first-order valence-electron chi connectivity index (χ1n) is 15.4. The number of carbonyl (C=O) groups is 2. The fourth-order valence-corrected chi connectivity index (χ4v) is 6.51. The Morgan fingerprint density at radius 2 is 1.04 bits per heavy atom. The van der Waals surface area contributed by atoms with Gasteiger partial charge in [-0.3, -0.25) is 19.6 Å². The number of amides is 2. The molecule has 0 N–H and O–H groups in total. The van der Waals surface area contributed by atoms with Crippen LogP contribution in [-0.2, 0) is 9.47 Å². The van der Waals surface area contributed by atoms with Crippen LogP contribution in [0.2, 0.25) is 0 Å². The summed E-state index contributed by atoms with van der Waals surface area (Å²) in [5.41, 5.74) is 2.19. The van der Waals surface area contributed by atoms with Gasteiger partial charge in [-0.2, -0.15) is 0 Å². The molecule has 0 saturated carbocycles. The molecule has 240 valence electrons. The number of fused-ring (bicyclic) bond motifs is 4. The van der Waals surface area contributed by atoms with Crippen molar-refractivity contribution in [2.45, 2.75) is 56.4 Å². The van der Waals surface area contributed by atoms with Gasteiger partial charge in [0.05, 0.1) is 75.2 Å². The number of hydrogen-bond donors (Lipinski definition) is 0. The van der Waals surface area contributed by atoms with E-state index in [1.54, 1.807) is 52.7 Å². The summed E-state index contributed by atoms with van der Waals surface area (Å²) < 4.78 is 34.0. The molecule has 45 heavy (non-hydrogen) atoms. The molecule has 2 fully saturated rings. The molecular formula is C33H40N4O8. The summed E-state index contributed by atoms with van der Waals surface area (Å²) >= 11 is 0. The van der Waals surface area contributed by atoms with E-state index >= 15 is 0 Å². The lowest BCUT2D eigenvalue weighted by molar-refractivity contribution is -0.0270. The minimum absolute atomic E-state index is 0.0334. The lowest BCUT2D eigenvalue weighted by Gasteiger charge is -2.37. The molecule has 0 unspecified atom stereocenters. The van der Waals surface area contributed by atoms with E-state index in [1.807, 2.05) is 22.2 Å². The number of aliphatic imine (C=N–C) groups is 2. The van der Waals surface area contributed by atoms with Crippen molar-refractivity contribution >= 4 is 35.6 Å². The van der Waals surface area contributed by atoms with E-state index in [4.69, 9.17) is 28.4 Å². The van der Waals surface area contributed by atoms with Crippen LogP contribution in [0.3, 0.4) is 0 Å². The number of ether oxygens (including phenoxy) is 6. The first-order valence-corrected chi connectivity index (χ1v) is 15.4. The molecule has 4 aliphatic heterocycles. The SMILES string of the molecule is COc1cc2c(cc1OC)C(=O)N1CC[C@@H](OCCCO[C@@H]3CCN4C(=O)c5cc(OC)c(OC)cc5N=C[C@@H]4C3)C[C@H]1C=N2. The maximum absolute atomic E-state index is 13.4. The second-order valence-corrected chi connectivity index (χ2v) is 11.5. The van der Waals surface area contributed by atoms with Crippen molar-refractivity contribution in [1.29, 1.82) is 0 Å². The van der Waals surface area contributed by atoms with Crippen LogP contribution in [0.4, 0.5) is 11.4 Å². The molecule has 2 aromatic carbocycles. The Balaban J connectivity index is 0.969. The second kappa shape index (κ2) is 13.5. The molecule has 2 saturated heterocycles. The van der Waals surface area contributed by atoms with E-state index in [0.29, 0.717) is 84.6 Å². The monoisotopic (exact) mass is 620 g/mol. The Morgan fingerprint density at radius 1 is 0.644 bits per heavy atom. The van der Waals surface area contributed by atoms with Crippen LogP contribution in [-0.4, -0.2) is 113 Å². The van der Waals surface area contributed by atoms with Gasteiger partial charge in [0.1, 0.15) is 0 Å². The number of piperidine rings is 2. The van der Waals surface area contributed by atoms with Crippen molar-refractivity contribution in [2.24, 2.45) is 9.98 Å². The number of benzene rings is 2. The quantitative estimate of drug-likeness (QED) is 0.362. The van der Waals surface area contributed by atoms with Gasteiger partial charge in [-0.1, -0.05) is 0 Å². The highest BCUT2D eigenvalue weighted by atomic mass is 16.5. The zero-order valence-electron chi connectivity index (χ0n) is 26.2. The van der Waals surface area contributed by atoms with Crippen molar-refractivity contribution < 1.29 is 38.0 Å². The van der Waals surface area contributed by atoms with Gasteiger partial charge < -0.3 is 38.2 Å². The van der Waals surface area contributed by atoms with Gasteiger partial charge in [0.15, 0.2) is 23.0 Å². The molecule has 0 spiro atoms. The Hall–Kier alpha value is -4.16. The zero-order valence-corrected chi connectivity index (χ0v) is 26.2. The first-order chi connectivity index (χ1) is 21.9. The number of carbonyl (C=O) groups excluding carboxylic acids is 2. The van der Waals surface area contributed by atoms with Crippen molar-refractivity contribution in [3.63, 3.8) is 0 Å². The smallest absolute Gasteiger partial charge is 0.256 e. The molecule has 12 heteroatoms. The molecule has 0 radical (unpaired) electrons. The van der Waals surface area contributed by atoms with Crippen molar-refractivity contribution in [1.82, 2.24) is 9.80 Å². The number of nitrogens with zero attached hydrogens (tertiary/aromatic N) is 4. The molecule has 0 aliphatic carbocycles. The lowest BCUT2D eigenvalue weighted by atomic mass is 9.99.